The van der Waals surface area contributed by atoms with Crippen LogP contribution in [0.2, 0.25) is 0 Å². The van der Waals surface area contributed by atoms with Gasteiger partial charge >= 0.3 is 11.8 Å². The summed E-state index contributed by atoms with van der Waals surface area (Å²) in [4.78, 5) is 23.9. The number of hydrogen-bond donors (Lipinski definition) is 2. The molecule has 2 heterocycles. The highest BCUT2D eigenvalue weighted by Gasteiger charge is 2.39. The predicted molar refractivity (Wildman–Crippen MR) is 54.9 cm³/mol. The van der Waals surface area contributed by atoms with Crippen LogP contribution in [0.4, 0.5) is 0 Å². The van der Waals surface area contributed by atoms with Gasteiger partial charge in [0.25, 0.3) is 0 Å². The summed E-state index contributed by atoms with van der Waals surface area (Å²) in [6.07, 6.45) is 3.21. The minimum Gasteiger partial charge on any atom is -0.361 e. The normalized spacial score (nSPS) is 30.8. The van der Waals surface area contributed by atoms with Crippen LogP contribution in [-0.2, 0) is 9.59 Å². The number of carbonyl (C=O) groups is 2. The van der Waals surface area contributed by atoms with Crippen molar-refractivity contribution in [1.29, 1.82) is 0 Å². The number of likely N-dealkylation sites (tertiary alicyclic amines) is 1. The smallest absolute Gasteiger partial charge is 0.311 e. The zero-order chi connectivity index (χ0) is 10.9. The zero-order valence-corrected chi connectivity index (χ0v) is 8.79. The molecule has 2 aliphatic heterocycles. The monoisotopic (exact) mass is 211 g/mol. The van der Waals surface area contributed by atoms with Crippen molar-refractivity contribution in [3.05, 3.63) is 0 Å². The number of amides is 2. The highest BCUT2D eigenvalue weighted by molar-refractivity contribution is 6.34. The molecule has 1 unspecified atom stereocenters. The second-order valence-corrected chi connectivity index (χ2v) is 4.62. The Kier molecular flexibility index (Phi) is 2.65. The second kappa shape index (κ2) is 3.81. The summed E-state index contributed by atoms with van der Waals surface area (Å²) in [5, 5.41) is 3.32. The van der Waals surface area contributed by atoms with Gasteiger partial charge in [-0.25, -0.2) is 0 Å². The SMILES string of the molecule is NC(=O)C(=O)N1CCCC2(CCNC2)C1. The largest absolute Gasteiger partial charge is 0.361 e. The van der Waals surface area contributed by atoms with E-state index in [1.807, 2.05) is 0 Å². The van der Waals surface area contributed by atoms with Gasteiger partial charge < -0.3 is 16.0 Å². The Balaban J connectivity index is 2.03. The lowest BCUT2D eigenvalue weighted by atomic mass is 9.79. The van der Waals surface area contributed by atoms with E-state index in [1.54, 1.807) is 4.90 Å². The van der Waals surface area contributed by atoms with Gasteiger partial charge in [-0.2, -0.15) is 0 Å². The number of primary amides is 1. The maximum Gasteiger partial charge on any atom is 0.311 e. The number of hydrogen-bond acceptors (Lipinski definition) is 3. The van der Waals surface area contributed by atoms with Crippen LogP contribution >= 0.6 is 0 Å². The Labute approximate surface area is 89.0 Å². The third-order valence-electron chi connectivity index (χ3n) is 3.49. The molecule has 0 aliphatic carbocycles. The molecule has 3 N–H and O–H groups in total. The molecule has 2 aliphatic rings. The van der Waals surface area contributed by atoms with Gasteiger partial charge in [-0.15, -0.1) is 0 Å². The third kappa shape index (κ3) is 1.97. The average Bonchev–Trinajstić information content (AvgIpc) is 2.65. The molecule has 2 amide bonds. The lowest BCUT2D eigenvalue weighted by Crippen LogP contribution is -2.50. The summed E-state index contributed by atoms with van der Waals surface area (Å²) in [5.41, 5.74) is 5.21. The quantitative estimate of drug-likeness (QED) is 0.508. The van der Waals surface area contributed by atoms with Crippen LogP contribution < -0.4 is 11.1 Å². The highest BCUT2D eigenvalue weighted by Crippen LogP contribution is 2.35. The summed E-state index contributed by atoms with van der Waals surface area (Å²) in [5.74, 6) is -1.36. The van der Waals surface area contributed by atoms with Crippen LogP contribution in [0, 0.1) is 5.41 Å². The van der Waals surface area contributed by atoms with E-state index in [0.717, 1.165) is 32.4 Å². The van der Waals surface area contributed by atoms with E-state index in [4.69, 9.17) is 5.73 Å². The maximum absolute atomic E-state index is 11.5. The maximum atomic E-state index is 11.5. The lowest BCUT2D eigenvalue weighted by Gasteiger charge is -2.39. The molecule has 5 heteroatoms. The summed E-state index contributed by atoms with van der Waals surface area (Å²) in [7, 11) is 0. The number of piperidine rings is 1. The van der Waals surface area contributed by atoms with E-state index >= 15 is 0 Å². The number of rotatable bonds is 0. The van der Waals surface area contributed by atoms with Gasteiger partial charge in [0.2, 0.25) is 0 Å². The van der Waals surface area contributed by atoms with E-state index in [0.29, 0.717) is 13.1 Å². The van der Waals surface area contributed by atoms with Crippen LogP contribution in [0.15, 0.2) is 0 Å². The molecule has 2 saturated heterocycles. The summed E-state index contributed by atoms with van der Waals surface area (Å²) >= 11 is 0. The average molecular weight is 211 g/mol. The molecule has 0 aromatic rings. The van der Waals surface area contributed by atoms with Crippen molar-refractivity contribution in [1.82, 2.24) is 10.2 Å². The standard InChI is InChI=1S/C10H17N3O2/c11-8(14)9(15)13-5-1-2-10(7-13)3-4-12-6-10/h12H,1-7H2,(H2,11,14). The van der Waals surface area contributed by atoms with Gasteiger partial charge in [-0.1, -0.05) is 0 Å². The fraction of sp³-hybridized carbons (Fsp3) is 0.800. The molecule has 2 fully saturated rings. The van der Waals surface area contributed by atoms with Gasteiger partial charge in [0.05, 0.1) is 0 Å². The molecule has 0 saturated carbocycles. The topological polar surface area (TPSA) is 75.4 Å². The summed E-state index contributed by atoms with van der Waals surface area (Å²) in [6, 6.07) is 0. The van der Waals surface area contributed by atoms with Crippen molar-refractivity contribution in [2.45, 2.75) is 19.3 Å². The van der Waals surface area contributed by atoms with Crippen LogP contribution in [-0.4, -0.2) is 42.9 Å². The molecule has 0 radical (unpaired) electrons. The van der Waals surface area contributed by atoms with Gasteiger partial charge in [0.1, 0.15) is 0 Å². The van der Waals surface area contributed by atoms with Gasteiger partial charge in [0, 0.05) is 25.0 Å². The van der Waals surface area contributed by atoms with E-state index < -0.39 is 11.8 Å². The van der Waals surface area contributed by atoms with E-state index in [-0.39, 0.29) is 5.41 Å². The second-order valence-electron chi connectivity index (χ2n) is 4.62. The van der Waals surface area contributed by atoms with Gasteiger partial charge in [-0.3, -0.25) is 9.59 Å². The van der Waals surface area contributed by atoms with E-state index in [9.17, 15) is 9.59 Å². The fourth-order valence-corrected chi connectivity index (χ4v) is 2.68. The highest BCUT2D eigenvalue weighted by atomic mass is 16.2. The van der Waals surface area contributed by atoms with Crippen LogP contribution in [0.1, 0.15) is 19.3 Å². The third-order valence-corrected chi connectivity index (χ3v) is 3.49. The van der Waals surface area contributed by atoms with Crippen molar-refractivity contribution in [2.24, 2.45) is 11.1 Å². The Bertz CT molecular complexity index is 284. The molecule has 0 aromatic heterocycles. The Morgan fingerprint density at radius 2 is 2.13 bits per heavy atom. The molecule has 1 atom stereocenters. The molecule has 0 bridgehead atoms. The van der Waals surface area contributed by atoms with Gasteiger partial charge in [0.15, 0.2) is 0 Å². The minimum atomic E-state index is -0.835. The van der Waals surface area contributed by atoms with Crippen molar-refractivity contribution < 1.29 is 9.59 Å². The Morgan fingerprint density at radius 3 is 2.73 bits per heavy atom. The Morgan fingerprint density at radius 1 is 1.33 bits per heavy atom. The molecule has 5 nitrogen and oxygen atoms in total. The first kappa shape index (κ1) is 10.4. The number of nitrogens with zero attached hydrogens (tertiary/aromatic N) is 1. The van der Waals surface area contributed by atoms with Crippen molar-refractivity contribution in [2.75, 3.05) is 26.2 Å². The van der Waals surface area contributed by atoms with Crippen molar-refractivity contribution in [3.63, 3.8) is 0 Å². The fourth-order valence-electron chi connectivity index (χ4n) is 2.68. The first-order chi connectivity index (χ1) is 7.13. The van der Waals surface area contributed by atoms with Crippen LogP contribution in [0.5, 0.6) is 0 Å². The number of carbonyl (C=O) groups excluding carboxylic acids is 2. The predicted octanol–water partition coefficient (Wildman–Crippen LogP) is -0.926. The van der Waals surface area contributed by atoms with Crippen molar-refractivity contribution >= 4 is 11.8 Å². The van der Waals surface area contributed by atoms with Crippen molar-refractivity contribution in [3.8, 4) is 0 Å². The lowest BCUT2D eigenvalue weighted by molar-refractivity contribution is -0.146. The first-order valence-corrected chi connectivity index (χ1v) is 5.42. The molecule has 1 spiro atoms. The molecular formula is C10H17N3O2. The Hall–Kier alpha value is -1.10. The van der Waals surface area contributed by atoms with E-state index in [2.05, 4.69) is 5.32 Å². The van der Waals surface area contributed by atoms with Crippen LogP contribution in [0.3, 0.4) is 0 Å². The minimum absolute atomic E-state index is 0.198. The summed E-state index contributed by atoms with van der Waals surface area (Å²) in [6.45, 7) is 3.32. The van der Waals surface area contributed by atoms with Crippen LogP contribution in [0.25, 0.3) is 0 Å². The van der Waals surface area contributed by atoms with Gasteiger partial charge in [-0.05, 0) is 25.8 Å². The zero-order valence-electron chi connectivity index (χ0n) is 8.79. The summed E-state index contributed by atoms with van der Waals surface area (Å²) < 4.78 is 0. The molecular weight excluding hydrogens is 194 g/mol. The number of nitrogens with two attached hydrogens (primary N) is 1. The van der Waals surface area contributed by atoms with E-state index in [1.165, 1.54) is 0 Å². The molecule has 15 heavy (non-hydrogen) atoms. The molecule has 2 rings (SSSR count). The first-order valence-electron chi connectivity index (χ1n) is 5.42. The number of nitrogens with one attached hydrogen (secondary N) is 1. The molecule has 0 aromatic carbocycles. The molecule has 84 valence electrons.